The molecule has 1 aromatic carbocycles. The summed E-state index contributed by atoms with van der Waals surface area (Å²) >= 11 is 1.70. The second kappa shape index (κ2) is 12.6. The normalized spacial score (nSPS) is 16.9. The van der Waals surface area contributed by atoms with Gasteiger partial charge in [-0.3, -0.25) is 9.69 Å². The van der Waals surface area contributed by atoms with E-state index < -0.39 is 6.10 Å². The Balaban J connectivity index is 1.65. The Bertz CT molecular complexity index is 902. The molecule has 8 heteroatoms. The van der Waals surface area contributed by atoms with Crippen LogP contribution in [0.1, 0.15) is 44.2 Å². The fraction of sp³-hybridized carbons (Fsp3) is 0.577. The highest BCUT2D eigenvalue weighted by atomic mass is 32.1. The second-order valence-corrected chi connectivity index (χ2v) is 10.5. The van der Waals surface area contributed by atoms with E-state index in [4.69, 9.17) is 9.47 Å². The number of hydrogen-bond donors (Lipinski definition) is 1. The summed E-state index contributed by atoms with van der Waals surface area (Å²) in [5.74, 6) is 0.677. The van der Waals surface area contributed by atoms with Crippen LogP contribution in [-0.4, -0.2) is 72.4 Å². The molecule has 2 heterocycles. The molecule has 0 saturated carbocycles. The summed E-state index contributed by atoms with van der Waals surface area (Å²) in [5, 5.41) is 12.5. The predicted octanol–water partition coefficient (Wildman–Crippen LogP) is 4.14. The van der Waals surface area contributed by atoms with E-state index in [1.165, 1.54) is 17.0 Å². The number of nitrogens with zero attached hydrogens (tertiary/aromatic N) is 2. The van der Waals surface area contributed by atoms with E-state index in [2.05, 4.69) is 25.3 Å². The molecule has 1 aliphatic heterocycles. The molecule has 0 saturated heterocycles. The van der Waals surface area contributed by atoms with Gasteiger partial charge in [0.2, 0.25) is 5.91 Å². The number of benzene rings is 1. The average Bonchev–Trinajstić information content (AvgIpc) is 3.26. The Morgan fingerprint density at radius 3 is 2.62 bits per heavy atom. The molecule has 1 aliphatic rings. The van der Waals surface area contributed by atoms with Crippen LogP contribution < -0.4 is 4.74 Å². The first kappa shape index (κ1) is 26.6. The third-order valence-electron chi connectivity index (χ3n) is 5.91. The molecule has 0 unspecified atom stereocenters. The van der Waals surface area contributed by atoms with Crippen LogP contribution in [0, 0.1) is 11.7 Å². The molecular weight excluding hydrogens is 455 g/mol. The summed E-state index contributed by atoms with van der Waals surface area (Å²) in [5.41, 5.74) is 1.12. The van der Waals surface area contributed by atoms with Crippen LogP contribution >= 0.6 is 11.3 Å². The lowest BCUT2D eigenvalue weighted by Crippen LogP contribution is -2.49. The quantitative estimate of drug-likeness (QED) is 0.483. The number of thiophene rings is 1. The van der Waals surface area contributed by atoms with Crippen LogP contribution in [0.15, 0.2) is 35.7 Å². The average molecular weight is 493 g/mol. The number of ether oxygens (including phenoxy) is 2. The highest BCUT2D eigenvalue weighted by Crippen LogP contribution is 2.34. The fourth-order valence-corrected chi connectivity index (χ4v) is 4.99. The van der Waals surface area contributed by atoms with E-state index in [1.807, 2.05) is 23.6 Å². The molecule has 1 amide bonds. The zero-order chi connectivity index (χ0) is 24.7. The number of amides is 1. The van der Waals surface area contributed by atoms with Gasteiger partial charge in [-0.2, -0.15) is 0 Å². The lowest BCUT2D eigenvalue weighted by atomic mass is 10.00. The number of carbonyl (C=O) groups excluding carboxylic acids is 1. The lowest BCUT2D eigenvalue weighted by molar-refractivity contribution is -0.137. The van der Waals surface area contributed by atoms with Gasteiger partial charge in [-0.15, -0.1) is 11.3 Å². The zero-order valence-electron chi connectivity index (χ0n) is 20.6. The Morgan fingerprint density at radius 1 is 1.21 bits per heavy atom. The summed E-state index contributed by atoms with van der Waals surface area (Å²) in [6.45, 7) is 10.5. The molecule has 0 fully saturated rings. The first-order valence-electron chi connectivity index (χ1n) is 12.0. The largest absolute Gasteiger partial charge is 0.491 e. The number of aliphatic hydroxyl groups excluding tert-OH is 1. The van der Waals surface area contributed by atoms with Crippen molar-refractivity contribution in [3.8, 4) is 5.75 Å². The van der Waals surface area contributed by atoms with Crippen LogP contribution in [0.25, 0.3) is 0 Å². The molecule has 1 aromatic heterocycles. The molecule has 34 heavy (non-hydrogen) atoms. The van der Waals surface area contributed by atoms with Crippen LogP contribution in [0.2, 0.25) is 0 Å². The summed E-state index contributed by atoms with van der Waals surface area (Å²) in [4.78, 5) is 18.6. The predicted molar refractivity (Wildman–Crippen MR) is 133 cm³/mol. The van der Waals surface area contributed by atoms with Gasteiger partial charge in [-0.25, -0.2) is 4.39 Å². The fourth-order valence-electron chi connectivity index (χ4n) is 4.07. The molecule has 2 aromatic rings. The van der Waals surface area contributed by atoms with Gasteiger partial charge in [0, 0.05) is 30.6 Å². The number of carbonyl (C=O) groups is 1. The number of aliphatic hydroxyl groups is 1. The molecule has 3 rings (SSSR count). The van der Waals surface area contributed by atoms with Crippen molar-refractivity contribution in [2.75, 3.05) is 39.5 Å². The summed E-state index contributed by atoms with van der Waals surface area (Å²) in [6, 6.07) is 7.88. The van der Waals surface area contributed by atoms with Crippen molar-refractivity contribution >= 4 is 17.2 Å². The van der Waals surface area contributed by atoms with Crippen molar-refractivity contribution in [2.24, 2.45) is 5.92 Å². The Morgan fingerprint density at radius 2 is 1.94 bits per heavy atom. The van der Waals surface area contributed by atoms with Gasteiger partial charge in [0.15, 0.2) is 0 Å². The first-order valence-corrected chi connectivity index (χ1v) is 12.9. The standard InChI is InChI=1S/C26H37FN2O4S/c1-18(2)15-32-16-21(30)13-28(19(3)4)14-26(31)29-11-9-25-23(10-12-34-25)24(29)17-33-22-7-5-20(27)6-8-22/h5-8,10,12,18-19,21,24,30H,9,11,13-17H2,1-4H3/t21-,24-/m1/s1. The maximum atomic E-state index is 13.5. The van der Waals surface area contributed by atoms with Gasteiger partial charge in [-0.1, -0.05) is 13.8 Å². The number of fused-ring (bicyclic) bond motifs is 1. The van der Waals surface area contributed by atoms with Gasteiger partial charge in [0.1, 0.15) is 18.2 Å². The third-order valence-corrected chi connectivity index (χ3v) is 6.91. The third kappa shape index (κ3) is 7.50. The van der Waals surface area contributed by atoms with Gasteiger partial charge in [0.25, 0.3) is 0 Å². The molecule has 0 radical (unpaired) electrons. The van der Waals surface area contributed by atoms with Gasteiger partial charge in [0.05, 0.1) is 25.3 Å². The van der Waals surface area contributed by atoms with Crippen molar-refractivity contribution in [3.05, 3.63) is 52.0 Å². The maximum absolute atomic E-state index is 13.5. The minimum atomic E-state index is -0.656. The number of rotatable bonds is 12. The van der Waals surface area contributed by atoms with Crippen LogP contribution in [0.3, 0.4) is 0 Å². The SMILES string of the molecule is CC(C)COC[C@H](O)CN(CC(=O)N1CCc2sccc2[C@H]1COc1ccc(F)cc1)C(C)C. The maximum Gasteiger partial charge on any atom is 0.237 e. The summed E-state index contributed by atoms with van der Waals surface area (Å²) in [6.07, 6.45) is 0.162. The molecule has 0 aliphatic carbocycles. The zero-order valence-corrected chi connectivity index (χ0v) is 21.4. The van der Waals surface area contributed by atoms with E-state index in [9.17, 15) is 14.3 Å². The number of hydrogen-bond acceptors (Lipinski definition) is 6. The summed E-state index contributed by atoms with van der Waals surface area (Å²) in [7, 11) is 0. The molecule has 0 spiro atoms. The molecular formula is C26H37FN2O4S. The van der Waals surface area contributed by atoms with E-state index in [-0.39, 0.29) is 37.0 Å². The molecule has 6 nitrogen and oxygen atoms in total. The lowest BCUT2D eigenvalue weighted by Gasteiger charge is -2.38. The van der Waals surface area contributed by atoms with Crippen molar-refractivity contribution in [1.29, 1.82) is 0 Å². The number of halogens is 1. The minimum Gasteiger partial charge on any atom is -0.491 e. The van der Waals surface area contributed by atoms with E-state index >= 15 is 0 Å². The topological polar surface area (TPSA) is 62.2 Å². The van der Waals surface area contributed by atoms with Gasteiger partial charge >= 0.3 is 0 Å². The van der Waals surface area contributed by atoms with E-state index in [0.29, 0.717) is 38.0 Å². The van der Waals surface area contributed by atoms with Crippen molar-refractivity contribution in [3.63, 3.8) is 0 Å². The van der Waals surface area contributed by atoms with Crippen molar-refractivity contribution in [1.82, 2.24) is 9.80 Å². The van der Waals surface area contributed by atoms with Crippen LogP contribution in [0.4, 0.5) is 4.39 Å². The molecule has 2 atom stereocenters. The van der Waals surface area contributed by atoms with Crippen molar-refractivity contribution in [2.45, 2.75) is 52.3 Å². The van der Waals surface area contributed by atoms with Crippen molar-refractivity contribution < 1.29 is 23.8 Å². The smallest absolute Gasteiger partial charge is 0.237 e. The first-order chi connectivity index (χ1) is 16.2. The molecule has 188 valence electrons. The highest BCUT2D eigenvalue weighted by molar-refractivity contribution is 7.10. The monoisotopic (exact) mass is 492 g/mol. The summed E-state index contributed by atoms with van der Waals surface area (Å²) < 4.78 is 24.8. The Hall–Kier alpha value is -2.00. The molecule has 0 bridgehead atoms. The van der Waals surface area contributed by atoms with Crippen LogP contribution in [0.5, 0.6) is 5.75 Å². The van der Waals surface area contributed by atoms with Crippen LogP contribution in [-0.2, 0) is 16.0 Å². The Labute approximate surface area is 206 Å². The minimum absolute atomic E-state index is 0.00792. The van der Waals surface area contributed by atoms with E-state index in [0.717, 1.165) is 12.0 Å². The van der Waals surface area contributed by atoms with Gasteiger partial charge < -0.3 is 19.5 Å². The van der Waals surface area contributed by atoms with E-state index in [1.54, 1.807) is 23.5 Å². The Kier molecular flexibility index (Phi) is 9.88. The van der Waals surface area contributed by atoms with Gasteiger partial charge in [-0.05, 0) is 67.5 Å². The highest BCUT2D eigenvalue weighted by Gasteiger charge is 2.33. The molecule has 1 N–H and O–H groups in total. The second-order valence-electron chi connectivity index (χ2n) is 9.53.